The van der Waals surface area contributed by atoms with Crippen LogP contribution in [-0.4, -0.2) is 24.4 Å². The summed E-state index contributed by atoms with van der Waals surface area (Å²) in [6.45, 7) is 0. The number of aromatic nitrogens is 1. The zero-order valence-corrected chi connectivity index (χ0v) is 10.8. The lowest BCUT2D eigenvalue weighted by Gasteiger charge is -2.13. The second-order valence-electron chi connectivity index (χ2n) is 3.97. The molecule has 2 aromatic rings. The predicted octanol–water partition coefficient (Wildman–Crippen LogP) is 3.43. The largest absolute Gasteiger partial charge is 0.573 e. The van der Waals surface area contributed by atoms with Crippen LogP contribution in [0.1, 0.15) is 10.5 Å². The summed E-state index contributed by atoms with van der Waals surface area (Å²) >= 11 is 0. The van der Waals surface area contributed by atoms with Crippen molar-refractivity contribution in [2.45, 2.75) is 6.36 Å². The topological polar surface area (TPSA) is 48.4 Å². The Morgan fingerprint density at radius 1 is 1.14 bits per heavy atom. The second-order valence-corrected chi connectivity index (χ2v) is 3.97. The van der Waals surface area contributed by atoms with E-state index >= 15 is 0 Å². The van der Waals surface area contributed by atoms with Gasteiger partial charge in [-0.25, -0.2) is 9.78 Å². The molecule has 7 heteroatoms. The molecule has 1 aromatic carbocycles. The molecule has 1 aromatic heterocycles. The zero-order chi connectivity index (χ0) is 15.5. The smallest absolute Gasteiger partial charge is 0.464 e. The Labute approximate surface area is 118 Å². The van der Waals surface area contributed by atoms with Crippen molar-refractivity contribution >= 4 is 5.97 Å². The van der Waals surface area contributed by atoms with E-state index in [1.54, 1.807) is 6.07 Å². The maximum Gasteiger partial charge on any atom is 0.573 e. The third kappa shape index (κ3) is 3.71. The van der Waals surface area contributed by atoms with Crippen LogP contribution in [-0.2, 0) is 4.74 Å². The van der Waals surface area contributed by atoms with E-state index in [4.69, 9.17) is 0 Å². The Hall–Kier alpha value is -2.57. The number of carbonyl (C=O) groups is 1. The fourth-order valence-corrected chi connectivity index (χ4v) is 1.70. The molecule has 0 aliphatic rings. The van der Waals surface area contributed by atoms with Crippen LogP contribution in [0.25, 0.3) is 11.1 Å². The minimum atomic E-state index is -4.78. The van der Waals surface area contributed by atoms with Gasteiger partial charge in [0.15, 0.2) is 0 Å². The highest BCUT2D eigenvalue weighted by Crippen LogP contribution is 2.33. The molecular formula is C14H10F3NO3. The molecule has 0 saturated heterocycles. The summed E-state index contributed by atoms with van der Waals surface area (Å²) in [5.74, 6) is -0.959. The highest BCUT2D eigenvalue weighted by molar-refractivity contribution is 5.87. The van der Waals surface area contributed by atoms with Gasteiger partial charge in [-0.15, -0.1) is 13.2 Å². The standard InChI is InChI=1S/C14H10F3NO3/c1-20-13(19)11-7-6-9(8-18-11)10-4-2-3-5-12(10)21-14(15,16)17/h2-8H,1H3. The van der Waals surface area contributed by atoms with Crippen molar-refractivity contribution < 1.29 is 27.4 Å². The normalized spacial score (nSPS) is 11.0. The van der Waals surface area contributed by atoms with Gasteiger partial charge in [-0.2, -0.15) is 0 Å². The number of benzene rings is 1. The molecule has 0 aliphatic heterocycles. The zero-order valence-electron chi connectivity index (χ0n) is 10.8. The molecule has 4 nitrogen and oxygen atoms in total. The lowest BCUT2D eigenvalue weighted by Crippen LogP contribution is -2.17. The molecule has 2 rings (SSSR count). The van der Waals surface area contributed by atoms with Crippen molar-refractivity contribution in [3.05, 3.63) is 48.3 Å². The maximum absolute atomic E-state index is 12.4. The number of rotatable bonds is 3. The van der Waals surface area contributed by atoms with Gasteiger partial charge < -0.3 is 9.47 Å². The van der Waals surface area contributed by atoms with Gasteiger partial charge in [-0.1, -0.05) is 24.3 Å². The van der Waals surface area contributed by atoms with Crippen LogP contribution in [0.2, 0.25) is 0 Å². The van der Waals surface area contributed by atoms with Crippen LogP contribution >= 0.6 is 0 Å². The number of esters is 1. The number of hydrogen-bond donors (Lipinski definition) is 0. The first-order valence-electron chi connectivity index (χ1n) is 5.80. The fraction of sp³-hybridized carbons (Fsp3) is 0.143. The molecule has 1 heterocycles. The molecule has 0 unspecified atom stereocenters. The van der Waals surface area contributed by atoms with Crippen molar-refractivity contribution in [1.82, 2.24) is 4.98 Å². The van der Waals surface area contributed by atoms with Crippen LogP contribution in [0.3, 0.4) is 0 Å². The summed E-state index contributed by atoms with van der Waals surface area (Å²) in [7, 11) is 1.21. The Kier molecular flexibility index (Phi) is 4.11. The molecule has 0 spiro atoms. The van der Waals surface area contributed by atoms with Crippen molar-refractivity contribution in [3.8, 4) is 16.9 Å². The highest BCUT2D eigenvalue weighted by atomic mass is 19.4. The van der Waals surface area contributed by atoms with Gasteiger partial charge in [-0.3, -0.25) is 0 Å². The SMILES string of the molecule is COC(=O)c1ccc(-c2ccccc2OC(F)(F)F)cn1. The van der Waals surface area contributed by atoms with Gasteiger partial charge in [-0.05, 0) is 12.1 Å². The minimum absolute atomic E-state index is 0.0653. The van der Waals surface area contributed by atoms with E-state index in [1.165, 1.54) is 43.6 Å². The van der Waals surface area contributed by atoms with Crippen LogP contribution in [0.4, 0.5) is 13.2 Å². The summed E-state index contributed by atoms with van der Waals surface area (Å²) < 4.78 is 45.5. The first-order valence-corrected chi connectivity index (χ1v) is 5.80. The van der Waals surface area contributed by atoms with E-state index in [0.29, 0.717) is 5.56 Å². The molecule has 0 aliphatic carbocycles. The molecule has 0 radical (unpaired) electrons. The summed E-state index contributed by atoms with van der Waals surface area (Å²) in [5, 5.41) is 0. The Balaban J connectivity index is 2.36. The van der Waals surface area contributed by atoms with E-state index in [9.17, 15) is 18.0 Å². The van der Waals surface area contributed by atoms with E-state index in [-0.39, 0.29) is 17.0 Å². The molecule has 0 bridgehead atoms. The van der Waals surface area contributed by atoms with Crippen LogP contribution in [0, 0.1) is 0 Å². The second kappa shape index (κ2) is 5.82. The Morgan fingerprint density at radius 2 is 1.86 bits per heavy atom. The first-order chi connectivity index (χ1) is 9.90. The van der Waals surface area contributed by atoms with Gasteiger partial charge in [0.2, 0.25) is 0 Å². The van der Waals surface area contributed by atoms with Crippen LogP contribution in [0.15, 0.2) is 42.6 Å². The van der Waals surface area contributed by atoms with E-state index in [2.05, 4.69) is 14.5 Å². The highest BCUT2D eigenvalue weighted by Gasteiger charge is 2.32. The Morgan fingerprint density at radius 3 is 2.43 bits per heavy atom. The monoisotopic (exact) mass is 297 g/mol. The van der Waals surface area contributed by atoms with Crippen molar-refractivity contribution in [2.75, 3.05) is 7.11 Å². The molecule has 0 atom stereocenters. The van der Waals surface area contributed by atoms with Crippen molar-refractivity contribution in [3.63, 3.8) is 0 Å². The minimum Gasteiger partial charge on any atom is -0.464 e. The average molecular weight is 297 g/mol. The fourth-order valence-electron chi connectivity index (χ4n) is 1.70. The van der Waals surface area contributed by atoms with Gasteiger partial charge in [0.05, 0.1) is 7.11 Å². The number of halogens is 3. The molecular weight excluding hydrogens is 287 g/mol. The van der Waals surface area contributed by atoms with Gasteiger partial charge >= 0.3 is 12.3 Å². The molecule has 0 N–H and O–H groups in total. The van der Waals surface area contributed by atoms with Crippen molar-refractivity contribution in [2.24, 2.45) is 0 Å². The number of methoxy groups -OCH3 is 1. The third-order valence-electron chi connectivity index (χ3n) is 2.58. The Bertz CT molecular complexity index is 639. The summed E-state index contributed by atoms with van der Waals surface area (Å²) in [6, 6.07) is 8.52. The molecule has 21 heavy (non-hydrogen) atoms. The van der Waals surface area contributed by atoms with Crippen LogP contribution in [0.5, 0.6) is 5.75 Å². The predicted molar refractivity (Wildman–Crippen MR) is 67.7 cm³/mol. The lowest BCUT2D eigenvalue weighted by atomic mass is 10.1. The number of ether oxygens (including phenoxy) is 2. The van der Waals surface area contributed by atoms with Crippen LogP contribution < -0.4 is 4.74 Å². The lowest BCUT2D eigenvalue weighted by molar-refractivity contribution is -0.274. The number of nitrogens with zero attached hydrogens (tertiary/aromatic N) is 1. The van der Waals surface area contributed by atoms with Gasteiger partial charge in [0.1, 0.15) is 11.4 Å². The quantitative estimate of drug-likeness (QED) is 0.814. The maximum atomic E-state index is 12.4. The number of carbonyl (C=O) groups excluding carboxylic acids is 1. The van der Waals surface area contributed by atoms with E-state index in [1.807, 2.05) is 0 Å². The van der Waals surface area contributed by atoms with Crippen molar-refractivity contribution in [1.29, 1.82) is 0 Å². The average Bonchev–Trinajstić information content (AvgIpc) is 2.45. The summed E-state index contributed by atoms with van der Waals surface area (Å²) in [6.07, 6.45) is -3.50. The summed E-state index contributed by atoms with van der Waals surface area (Å²) in [4.78, 5) is 15.1. The first kappa shape index (κ1) is 14.8. The number of para-hydroxylation sites is 1. The van der Waals surface area contributed by atoms with E-state index < -0.39 is 12.3 Å². The number of alkyl halides is 3. The number of hydrogen-bond acceptors (Lipinski definition) is 4. The summed E-state index contributed by atoms with van der Waals surface area (Å²) in [5.41, 5.74) is 0.678. The molecule has 110 valence electrons. The number of pyridine rings is 1. The van der Waals surface area contributed by atoms with Gasteiger partial charge in [0.25, 0.3) is 0 Å². The third-order valence-corrected chi connectivity index (χ3v) is 2.58. The van der Waals surface area contributed by atoms with Gasteiger partial charge in [0, 0.05) is 17.3 Å². The molecule has 0 fully saturated rings. The molecule has 0 amide bonds. The molecule has 0 saturated carbocycles. The van der Waals surface area contributed by atoms with E-state index in [0.717, 1.165) is 0 Å².